The maximum absolute atomic E-state index is 14.8. The Morgan fingerprint density at radius 3 is 2.52 bits per heavy atom. The predicted octanol–water partition coefficient (Wildman–Crippen LogP) is 4.53. The zero-order chi connectivity index (χ0) is 21.4. The largest absolute Gasteiger partial charge is 0.309 e. The number of aromatic nitrogens is 4. The van der Waals surface area contributed by atoms with Gasteiger partial charge in [-0.2, -0.15) is 0 Å². The molecule has 0 bridgehead atoms. The summed E-state index contributed by atoms with van der Waals surface area (Å²) in [5.41, 5.74) is 3.38. The summed E-state index contributed by atoms with van der Waals surface area (Å²) in [6.45, 7) is 3.83. The maximum atomic E-state index is 14.8. The molecule has 0 fully saturated rings. The molecule has 4 aromatic rings. The highest BCUT2D eigenvalue weighted by Gasteiger charge is 2.30. The molecule has 1 atom stereocenters. The number of halogens is 2. The Bertz CT molecular complexity index is 1220. The van der Waals surface area contributed by atoms with E-state index in [1.54, 1.807) is 36.7 Å². The molecule has 0 aliphatic carbocycles. The van der Waals surface area contributed by atoms with Crippen molar-refractivity contribution in [3.05, 3.63) is 101 Å². The summed E-state index contributed by atoms with van der Waals surface area (Å²) in [5.74, 6) is 1.00. The van der Waals surface area contributed by atoms with Crippen molar-refractivity contribution in [1.29, 1.82) is 0 Å². The first-order valence-corrected chi connectivity index (χ1v) is 10.2. The lowest BCUT2D eigenvalue weighted by Crippen LogP contribution is -2.37. The van der Waals surface area contributed by atoms with E-state index in [9.17, 15) is 8.78 Å². The third-order valence-electron chi connectivity index (χ3n) is 5.67. The summed E-state index contributed by atoms with van der Waals surface area (Å²) >= 11 is 0. The van der Waals surface area contributed by atoms with Crippen LogP contribution in [0.1, 0.15) is 28.6 Å². The molecular weight excluding hydrogens is 396 g/mol. The van der Waals surface area contributed by atoms with Gasteiger partial charge in [-0.25, -0.2) is 8.78 Å². The van der Waals surface area contributed by atoms with Gasteiger partial charge < -0.3 is 4.57 Å². The standard InChI is InChI=1S/C24H21F2N5/c1-16-12-18(14-27-13-16)24-29-28-22-15-30(10-11-31(22)24)23(17-6-8-19(25)9-7-17)20-4-2-3-5-21(20)26/h2-9,12-14,23H,10-11,15H2,1H3. The van der Waals surface area contributed by atoms with Crippen molar-refractivity contribution in [2.24, 2.45) is 0 Å². The van der Waals surface area contributed by atoms with Crippen LogP contribution in [-0.2, 0) is 13.1 Å². The first kappa shape index (κ1) is 19.5. The highest BCUT2D eigenvalue weighted by molar-refractivity contribution is 5.55. The first-order chi connectivity index (χ1) is 15.1. The van der Waals surface area contributed by atoms with E-state index >= 15 is 0 Å². The normalized spacial score (nSPS) is 14.9. The molecule has 0 spiro atoms. The van der Waals surface area contributed by atoms with Gasteiger partial charge in [0.15, 0.2) is 5.82 Å². The summed E-state index contributed by atoms with van der Waals surface area (Å²) in [6.07, 6.45) is 3.59. The lowest BCUT2D eigenvalue weighted by molar-refractivity contribution is 0.173. The average molecular weight is 417 g/mol. The molecule has 5 rings (SSSR count). The van der Waals surface area contributed by atoms with Gasteiger partial charge in [-0.3, -0.25) is 9.88 Å². The SMILES string of the molecule is Cc1cncc(-c2nnc3n2CCN(C(c2ccc(F)cc2)c2ccccc2F)C3)c1. The highest BCUT2D eigenvalue weighted by Crippen LogP contribution is 2.34. The van der Waals surface area contributed by atoms with Gasteiger partial charge in [0.1, 0.15) is 17.5 Å². The van der Waals surface area contributed by atoms with Crippen molar-refractivity contribution >= 4 is 0 Å². The molecule has 0 amide bonds. The molecule has 156 valence electrons. The van der Waals surface area contributed by atoms with Crippen LogP contribution in [0.4, 0.5) is 8.78 Å². The Hall–Kier alpha value is -3.45. The summed E-state index contributed by atoms with van der Waals surface area (Å²) in [7, 11) is 0. The number of benzene rings is 2. The van der Waals surface area contributed by atoms with Crippen LogP contribution in [0.2, 0.25) is 0 Å². The van der Waals surface area contributed by atoms with Crippen molar-refractivity contribution in [3.63, 3.8) is 0 Å². The molecular formula is C24H21F2N5. The third kappa shape index (κ3) is 3.72. The minimum Gasteiger partial charge on any atom is -0.309 e. The third-order valence-corrected chi connectivity index (χ3v) is 5.67. The van der Waals surface area contributed by atoms with Gasteiger partial charge in [0.05, 0.1) is 12.6 Å². The van der Waals surface area contributed by atoms with Gasteiger partial charge in [0.2, 0.25) is 0 Å². The molecule has 0 saturated heterocycles. The second kappa shape index (κ2) is 8.00. The summed E-state index contributed by atoms with van der Waals surface area (Å²) in [6, 6.07) is 14.7. The molecule has 0 saturated carbocycles. The number of hydrogen-bond donors (Lipinski definition) is 0. The van der Waals surface area contributed by atoms with E-state index in [0.717, 1.165) is 28.3 Å². The van der Waals surface area contributed by atoms with Crippen LogP contribution in [0, 0.1) is 18.6 Å². The van der Waals surface area contributed by atoms with Crippen LogP contribution in [0.5, 0.6) is 0 Å². The van der Waals surface area contributed by atoms with Gasteiger partial charge in [0, 0.05) is 36.6 Å². The monoisotopic (exact) mass is 417 g/mol. The summed E-state index contributed by atoms with van der Waals surface area (Å²) in [4.78, 5) is 6.43. The molecule has 2 aromatic carbocycles. The van der Waals surface area contributed by atoms with Crippen molar-refractivity contribution in [3.8, 4) is 11.4 Å². The average Bonchev–Trinajstić information content (AvgIpc) is 3.20. The van der Waals surface area contributed by atoms with Crippen LogP contribution in [0.15, 0.2) is 67.0 Å². The smallest absolute Gasteiger partial charge is 0.165 e. The van der Waals surface area contributed by atoms with Gasteiger partial charge >= 0.3 is 0 Å². The van der Waals surface area contributed by atoms with Crippen LogP contribution in [-0.4, -0.2) is 31.2 Å². The van der Waals surface area contributed by atoms with Crippen LogP contribution < -0.4 is 0 Å². The van der Waals surface area contributed by atoms with E-state index in [0.29, 0.717) is 25.2 Å². The van der Waals surface area contributed by atoms with Gasteiger partial charge in [0.25, 0.3) is 0 Å². The molecule has 0 N–H and O–H groups in total. The van der Waals surface area contributed by atoms with E-state index in [1.807, 2.05) is 19.1 Å². The molecule has 1 aliphatic heterocycles. The Labute approximate surface area is 179 Å². The van der Waals surface area contributed by atoms with E-state index in [-0.39, 0.29) is 17.7 Å². The number of fused-ring (bicyclic) bond motifs is 1. The molecule has 1 unspecified atom stereocenters. The van der Waals surface area contributed by atoms with E-state index in [4.69, 9.17) is 0 Å². The van der Waals surface area contributed by atoms with Crippen molar-refractivity contribution in [1.82, 2.24) is 24.6 Å². The fourth-order valence-corrected chi connectivity index (χ4v) is 4.22. The van der Waals surface area contributed by atoms with Crippen LogP contribution in [0.3, 0.4) is 0 Å². The van der Waals surface area contributed by atoms with E-state index < -0.39 is 0 Å². The van der Waals surface area contributed by atoms with Crippen LogP contribution in [0.25, 0.3) is 11.4 Å². The zero-order valence-electron chi connectivity index (χ0n) is 17.0. The molecule has 31 heavy (non-hydrogen) atoms. The minimum absolute atomic E-state index is 0.282. The second-order valence-electron chi connectivity index (χ2n) is 7.79. The molecule has 7 heteroatoms. The quantitative estimate of drug-likeness (QED) is 0.489. The van der Waals surface area contributed by atoms with Crippen molar-refractivity contribution < 1.29 is 8.78 Å². The maximum Gasteiger partial charge on any atom is 0.165 e. The molecule has 0 radical (unpaired) electrons. The minimum atomic E-state index is -0.351. The Balaban J connectivity index is 1.52. The van der Waals surface area contributed by atoms with Crippen LogP contribution >= 0.6 is 0 Å². The fraction of sp³-hybridized carbons (Fsp3) is 0.208. The number of rotatable bonds is 4. The lowest BCUT2D eigenvalue weighted by atomic mass is 9.96. The highest BCUT2D eigenvalue weighted by atomic mass is 19.1. The Morgan fingerprint density at radius 1 is 0.935 bits per heavy atom. The summed E-state index contributed by atoms with van der Waals surface area (Å²) < 4.78 is 30.4. The van der Waals surface area contributed by atoms with Gasteiger partial charge in [-0.1, -0.05) is 30.3 Å². The number of aryl methyl sites for hydroxylation is 1. The van der Waals surface area contributed by atoms with Crippen molar-refractivity contribution in [2.45, 2.75) is 26.1 Å². The van der Waals surface area contributed by atoms with E-state index in [2.05, 4.69) is 24.6 Å². The molecule has 5 nitrogen and oxygen atoms in total. The Kier molecular flexibility index (Phi) is 5.03. The molecule has 2 aromatic heterocycles. The number of hydrogen-bond acceptors (Lipinski definition) is 4. The van der Waals surface area contributed by atoms with Gasteiger partial charge in [-0.05, 0) is 42.3 Å². The zero-order valence-corrected chi connectivity index (χ0v) is 17.0. The fourth-order valence-electron chi connectivity index (χ4n) is 4.22. The van der Waals surface area contributed by atoms with E-state index in [1.165, 1.54) is 18.2 Å². The Morgan fingerprint density at radius 2 is 1.74 bits per heavy atom. The lowest BCUT2D eigenvalue weighted by Gasteiger charge is -2.35. The first-order valence-electron chi connectivity index (χ1n) is 10.2. The number of nitrogens with zero attached hydrogens (tertiary/aromatic N) is 5. The topological polar surface area (TPSA) is 46.8 Å². The molecule has 3 heterocycles. The second-order valence-corrected chi connectivity index (χ2v) is 7.79. The summed E-state index contributed by atoms with van der Waals surface area (Å²) in [5, 5.41) is 8.81. The predicted molar refractivity (Wildman–Crippen MR) is 113 cm³/mol. The van der Waals surface area contributed by atoms with Gasteiger partial charge in [-0.15, -0.1) is 10.2 Å². The van der Waals surface area contributed by atoms with Crippen molar-refractivity contribution in [2.75, 3.05) is 6.54 Å². The molecule has 1 aliphatic rings. The number of pyridine rings is 1.